The molecule has 3 heteroatoms. The van der Waals surface area contributed by atoms with Crippen molar-refractivity contribution in [3.63, 3.8) is 0 Å². The topological polar surface area (TPSA) is 59.2 Å². The number of carboxylic acids is 1. The Morgan fingerprint density at radius 2 is 2.43 bits per heavy atom. The molecule has 0 aromatic heterocycles. The highest BCUT2D eigenvalue weighted by Crippen LogP contribution is 2.13. The summed E-state index contributed by atoms with van der Waals surface area (Å²) in [6.45, 7) is 2.28. The second-order valence-electron chi connectivity index (χ2n) is 1.99. The van der Waals surface area contributed by atoms with Crippen LogP contribution in [0.3, 0.4) is 0 Å². The molecular weight excluding hydrogens is 94.0 g/mol. The highest BCUT2D eigenvalue weighted by Gasteiger charge is 2.44. The first kappa shape index (κ1) is 4.59. The van der Waals surface area contributed by atoms with Crippen LogP contribution in [0.1, 0.15) is 6.92 Å². The smallest absolute Gasteiger partial charge is 0.324 e. The van der Waals surface area contributed by atoms with Crippen LogP contribution in [0.2, 0.25) is 0 Å². The van der Waals surface area contributed by atoms with Gasteiger partial charge in [-0.1, -0.05) is 0 Å². The van der Waals surface area contributed by atoms with Crippen LogP contribution in [0.5, 0.6) is 0 Å². The third kappa shape index (κ3) is 0.587. The highest BCUT2D eigenvalue weighted by atomic mass is 16.4. The van der Waals surface area contributed by atoms with Crippen molar-refractivity contribution < 1.29 is 9.90 Å². The molecule has 2 N–H and O–H groups in total. The quantitative estimate of drug-likeness (QED) is 0.435. The number of hydrogen-bond acceptors (Lipinski definition) is 2. The first-order valence-corrected chi connectivity index (χ1v) is 2.13. The van der Waals surface area contributed by atoms with Gasteiger partial charge in [0.15, 0.2) is 0 Å². The minimum Gasteiger partial charge on any atom is -0.480 e. The zero-order chi connectivity index (χ0) is 5.49. The van der Waals surface area contributed by atoms with Crippen molar-refractivity contribution in [2.75, 3.05) is 6.54 Å². The van der Waals surface area contributed by atoms with E-state index in [0.29, 0.717) is 6.54 Å². The maximum absolute atomic E-state index is 10.0. The van der Waals surface area contributed by atoms with Crippen LogP contribution in [0.15, 0.2) is 0 Å². The van der Waals surface area contributed by atoms with Crippen LogP contribution < -0.4 is 5.32 Å². The van der Waals surface area contributed by atoms with Crippen LogP contribution >= 0.6 is 0 Å². The SMILES string of the molecule is CC1(C(=O)O)CN1. The molecule has 0 radical (unpaired) electrons. The number of nitrogens with one attached hydrogen (secondary N) is 1. The maximum Gasteiger partial charge on any atom is 0.324 e. The Balaban J connectivity index is 2.55. The summed E-state index contributed by atoms with van der Waals surface area (Å²) in [5.41, 5.74) is -0.583. The summed E-state index contributed by atoms with van der Waals surface area (Å²) < 4.78 is 0. The van der Waals surface area contributed by atoms with E-state index in [4.69, 9.17) is 5.11 Å². The Bertz CT molecular complexity index is 106. The molecule has 1 heterocycles. The van der Waals surface area contributed by atoms with Crippen LogP contribution in [-0.2, 0) is 4.79 Å². The summed E-state index contributed by atoms with van der Waals surface area (Å²) in [5.74, 6) is -0.757. The zero-order valence-electron chi connectivity index (χ0n) is 4.06. The van der Waals surface area contributed by atoms with E-state index in [0.717, 1.165) is 0 Å². The monoisotopic (exact) mass is 101 g/mol. The lowest BCUT2D eigenvalue weighted by atomic mass is 10.2. The summed E-state index contributed by atoms with van der Waals surface area (Å²) >= 11 is 0. The van der Waals surface area contributed by atoms with Gasteiger partial charge in [0, 0.05) is 6.54 Å². The average Bonchev–Trinajstić information content (AvgIpc) is 2.21. The van der Waals surface area contributed by atoms with E-state index < -0.39 is 11.5 Å². The Labute approximate surface area is 41.3 Å². The minimum atomic E-state index is -0.757. The van der Waals surface area contributed by atoms with Gasteiger partial charge in [0.05, 0.1) is 0 Å². The van der Waals surface area contributed by atoms with Crippen molar-refractivity contribution in [1.29, 1.82) is 0 Å². The van der Waals surface area contributed by atoms with Gasteiger partial charge in [-0.15, -0.1) is 0 Å². The molecule has 1 fully saturated rings. The molecule has 1 saturated heterocycles. The Morgan fingerprint density at radius 1 is 2.00 bits per heavy atom. The summed E-state index contributed by atoms with van der Waals surface area (Å²) in [4.78, 5) is 10.0. The molecule has 1 unspecified atom stereocenters. The molecule has 3 nitrogen and oxygen atoms in total. The van der Waals surface area contributed by atoms with Gasteiger partial charge < -0.3 is 5.11 Å². The fourth-order valence-corrected chi connectivity index (χ4v) is 0.284. The van der Waals surface area contributed by atoms with Gasteiger partial charge in [-0.25, -0.2) is 0 Å². The highest BCUT2D eigenvalue weighted by molar-refractivity contribution is 5.82. The second kappa shape index (κ2) is 0.980. The van der Waals surface area contributed by atoms with Gasteiger partial charge in [0.2, 0.25) is 0 Å². The zero-order valence-corrected chi connectivity index (χ0v) is 4.06. The normalized spacial score (nSPS) is 37.9. The second-order valence-corrected chi connectivity index (χ2v) is 1.99. The lowest BCUT2D eigenvalue weighted by Crippen LogP contribution is -2.22. The van der Waals surface area contributed by atoms with Crippen molar-refractivity contribution in [2.45, 2.75) is 12.5 Å². The molecule has 0 saturated carbocycles. The predicted octanol–water partition coefficient (Wildman–Crippen LogP) is -0.567. The van der Waals surface area contributed by atoms with Gasteiger partial charge in [0.25, 0.3) is 0 Å². The Hall–Kier alpha value is -0.570. The fraction of sp³-hybridized carbons (Fsp3) is 0.750. The van der Waals surface area contributed by atoms with Crippen molar-refractivity contribution in [3.05, 3.63) is 0 Å². The van der Waals surface area contributed by atoms with E-state index in [1.165, 1.54) is 0 Å². The molecule has 0 aromatic carbocycles. The van der Waals surface area contributed by atoms with Gasteiger partial charge in [-0.3, -0.25) is 10.1 Å². The number of carbonyl (C=O) groups is 1. The van der Waals surface area contributed by atoms with Gasteiger partial charge >= 0.3 is 5.97 Å². The predicted molar refractivity (Wildman–Crippen MR) is 24.0 cm³/mol. The van der Waals surface area contributed by atoms with Crippen LogP contribution in [0, 0.1) is 0 Å². The largest absolute Gasteiger partial charge is 0.480 e. The molecular formula is C4H7NO2. The van der Waals surface area contributed by atoms with E-state index in [2.05, 4.69) is 5.32 Å². The lowest BCUT2D eigenvalue weighted by Gasteiger charge is -1.92. The van der Waals surface area contributed by atoms with Crippen LogP contribution in [-0.4, -0.2) is 23.2 Å². The summed E-state index contributed by atoms with van der Waals surface area (Å²) in [6.07, 6.45) is 0. The Morgan fingerprint density at radius 3 is 2.43 bits per heavy atom. The van der Waals surface area contributed by atoms with E-state index in [9.17, 15) is 4.79 Å². The van der Waals surface area contributed by atoms with Crippen molar-refractivity contribution >= 4 is 5.97 Å². The fourth-order valence-electron chi connectivity index (χ4n) is 0.284. The minimum absolute atomic E-state index is 0.583. The first-order valence-electron chi connectivity index (χ1n) is 2.13. The molecule has 0 amide bonds. The summed E-state index contributed by atoms with van der Waals surface area (Å²) in [5, 5.41) is 11.0. The van der Waals surface area contributed by atoms with Gasteiger partial charge in [-0.2, -0.15) is 0 Å². The van der Waals surface area contributed by atoms with Gasteiger partial charge in [0.1, 0.15) is 5.54 Å². The van der Waals surface area contributed by atoms with Crippen LogP contribution in [0.25, 0.3) is 0 Å². The third-order valence-electron chi connectivity index (χ3n) is 1.18. The van der Waals surface area contributed by atoms with Crippen LogP contribution in [0.4, 0.5) is 0 Å². The number of rotatable bonds is 1. The molecule has 1 aliphatic heterocycles. The molecule has 1 atom stereocenters. The van der Waals surface area contributed by atoms with Crippen molar-refractivity contribution in [3.8, 4) is 0 Å². The molecule has 1 aliphatic rings. The average molecular weight is 101 g/mol. The van der Waals surface area contributed by atoms with E-state index in [1.54, 1.807) is 6.92 Å². The van der Waals surface area contributed by atoms with E-state index >= 15 is 0 Å². The number of hydrogen-bond donors (Lipinski definition) is 2. The lowest BCUT2D eigenvalue weighted by molar-refractivity contribution is -0.139. The van der Waals surface area contributed by atoms with Gasteiger partial charge in [-0.05, 0) is 6.92 Å². The molecule has 0 aromatic rings. The number of carboxylic acid groups (broad SMARTS) is 1. The molecule has 40 valence electrons. The van der Waals surface area contributed by atoms with Crippen molar-refractivity contribution in [1.82, 2.24) is 5.32 Å². The number of aliphatic carboxylic acids is 1. The van der Waals surface area contributed by atoms with E-state index in [-0.39, 0.29) is 0 Å². The molecule has 0 bridgehead atoms. The maximum atomic E-state index is 10.0. The molecule has 0 aliphatic carbocycles. The first-order chi connectivity index (χ1) is 3.15. The third-order valence-corrected chi connectivity index (χ3v) is 1.18. The molecule has 0 spiro atoms. The Kier molecular flexibility index (Phi) is 0.642. The summed E-state index contributed by atoms with van der Waals surface area (Å²) in [6, 6.07) is 0. The molecule has 1 rings (SSSR count). The van der Waals surface area contributed by atoms with E-state index in [1.807, 2.05) is 0 Å². The molecule has 7 heavy (non-hydrogen) atoms. The van der Waals surface area contributed by atoms with Crippen molar-refractivity contribution in [2.24, 2.45) is 0 Å². The standard InChI is InChI=1S/C4H7NO2/c1-4(2-5-4)3(6)7/h5H,2H2,1H3,(H,6,7). The summed E-state index contributed by atoms with van der Waals surface area (Å²) in [7, 11) is 0.